The molecule has 0 aliphatic heterocycles. The lowest BCUT2D eigenvalue weighted by Gasteiger charge is -2.04. The number of pyridine rings is 1. The summed E-state index contributed by atoms with van der Waals surface area (Å²) >= 11 is 3.57. The number of hydrogen-bond acceptors (Lipinski definition) is 4. The highest BCUT2D eigenvalue weighted by molar-refractivity contribution is 7.99. The summed E-state index contributed by atoms with van der Waals surface area (Å²) in [5.74, 6) is 1.89. The smallest absolute Gasteiger partial charge is 0.166 e. The van der Waals surface area contributed by atoms with Crippen molar-refractivity contribution in [3.05, 3.63) is 84.2 Å². The van der Waals surface area contributed by atoms with Crippen molar-refractivity contribution in [1.82, 2.24) is 15.0 Å². The molecule has 130 valence electrons. The fourth-order valence-electron chi connectivity index (χ4n) is 2.70. The number of rotatable bonds is 7. The predicted octanol–water partition coefficient (Wildman–Crippen LogP) is 5.59. The molecule has 4 rings (SSSR count). The monoisotopic (exact) mass is 377 g/mol. The molecular weight excluding hydrogens is 358 g/mol. The van der Waals surface area contributed by atoms with E-state index >= 15 is 0 Å². The molecule has 26 heavy (non-hydrogen) atoms. The molecule has 0 bridgehead atoms. The van der Waals surface area contributed by atoms with E-state index in [4.69, 9.17) is 0 Å². The highest BCUT2D eigenvalue weighted by atomic mass is 32.2. The number of nitrogens with one attached hydrogen (secondary N) is 1. The lowest BCUT2D eigenvalue weighted by atomic mass is 10.2. The van der Waals surface area contributed by atoms with E-state index in [2.05, 4.69) is 63.5 Å². The quantitative estimate of drug-likeness (QED) is 0.427. The molecule has 3 nitrogen and oxygen atoms in total. The zero-order valence-electron chi connectivity index (χ0n) is 14.3. The van der Waals surface area contributed by atoms with Crippen molar-refractivity contribution in [1.29, 1.82) is 0 Å². The number of fused-ring (bicyclic) bond motifs is 1. The third kappa shape index (κ3) is 4.48. The number of aromatic amines is 1. The second kappa shape index (κ2) is 8.43. The van der Waals surface area contributed by atoms with Crippen LogP contribution in [0.25, 0.3) is 11.0 Å². The van der Waals surface area contributed by atoms with E-state index in [0.29, 0.717) is 0 Å². The second-order valence-electron chi connectivity index (χ2n) is 5.91. The summed E-state index contributed by atoms with van der Waals surface area (Å²) in [6.45, 7) is 0. The Hall–Kier alpha value is -2.24. The van der Waals surface area contributed by atoms with Crippen molar-refractivity contribution < 1.29 is 0 Å². The predicted molar refractivity (Wildman–Crippen MR) is 111 cm³/mol. The van der Waals surface area contributed by atoms with Crippen LogP contribution < -0.4 is 0 Å². The van der Waals surface area contributed by atoms with Crippen LogP contribution in [0.15, 0.2) is 83.0 Å². The summed E-state index contributed by atoms with van der Waals surface area (Å²) in [5.41, 5.74) is 4.55. The summed E-state index contributed by atoms with van der Waals surface area (Å²) < 4.78 is 0. The van der Waals surface area contributed by atoms with Crippen LogP contribution >= 0.6 is 23.5 Å². The van der Waals surface area contributed by atoms with Crippen molar-refractivity contribution in [3.8, 4) is 0 Å². The van der Waals surface area contributed by atoms with E-state index in [1.54, 1.807) is 11.8 Å². The van der Waals surface area contributed by atoms with Crippen molar-refractivity contribution in [2.24, 2.45) is 0 Å². The highest BCUT2D eigenvalue weighted by Crippen LogP contribution is 2.25. The number of aromatic nitrogens is 3. The van der Waals surface area contributed by atoms with Gasteiger partial charge in [0.15, 0.2) is 5.16 Å². The first kappa shape index (κ1) is 17.2. The van der Waals surface area contributed by atoms with Gasteiger partial charge in [0.05, 0.1) is 16.7 Å². The molecule has 0 aliphatic rings. The van der Waals surface area contributed by atoms with Gasteiger partial charge in [-0.2, -0.15) is 0 Å². The molecule has 4 aromatic rings. The van der Waals surface area contributed by atoms with Gasteiger partial charge >= 0.3 is 0 Å². The number of nitrogens with zero attached hydrogens (tertiary/aromatic N) is 2. The Balaban J connectivity index is 1.33. The van der Waals surface area contributed by atoms with Crippen LogP contribution in [-0.4, -0.2) is 20.7 Å². The Labute approximate surface area is 161 Å². The molecule has 0 saturated carbocycles. The van der Waals surface area contributed by atoms with Crippen LogP contribution in [-0.2, 0) is 12.2 Å². The van der Waals surface area contributed by atoms with Crippen molar-refractivity contribution in [2.45, 2.75) is 22.2 Å². The maximum atomic E-state index is 4.61. The Morgan fingerprint density at radius 2 is 1.73 bits per heavy atom. The molecule has 2 aromatic carbocycles. The fourth-order valence-corrected chi connectivity index (χ4v) is 4.43. The molecule has 0 fully saturated rings. The van der Waals surface area contributed by atoms with Crippen LogP contribution in [0.5, 0.6) is 0 Å². The minimum Gasteiger partial charge on any atom is -0.333 e. The fraction of sp³-hybridized carbons (Fsp3) is 0.143. The number of H-pyrrole nitrogens is 1. The maximum absolute atomic E-state index is 4.61. The van der Waals surface area contributed by atoms with Gasteiger partial charge in [-0.25, -0.2) is 4.98 Å². The van der Waals surface area contributed by atoms with Crippen molar-refractivity contribution >= 4 is 34.6 Å². The minimum atomic E-state index is 0.812. The van der Waals surface area contributed by atoms with E-state index in [9.17, 15) is 0 Å². The molecule has 2 heterocycles. The molecule has 1 N–H and O–H groups in total. The van der Waals surface area contributed by atoms with Gasteiger partial charge in [0.25, 0.3) is 0 Å². The number of thioether (sulfide) groups is 2. The first-order valence-corrected chi connectivity index (χ1v) is 10.5. The van der Waals surface area contributed by atoms with Gasteiger partial charge in [0, 0.05) is 22.6 Å². The molecule has 0 atom stereocenters. The van der Waals surface area contributed by atoms with Crippen molar-refractivity contribution in [3.63, 3.8) is 0 Å². The number of hydrogen-bond donors (Lipinski definition) is 1. The van der Waals surface area contributed by atoms with Gasteiger partial charge in [0.2, 0.25) is 0 Å². The largest absolute Gasteiger partial charge is 0.333 e. The SMILES string of the molecule is c1ccc(CCSc2ccnc(CSc3nc4ccccc4[nH]3)c2)cc1. The van der Waals surface area contributed by atoms with E-state index in [0.717, 1.165) is 39.8 Å². The molecule has 0 unspecified atom stereocenters. The number of benzene rings is 2. The van der Waals surface area contributed by atoms with Gasteiger partial charge in [-0.3, -0.25) is 4.98 Å². The number of para-hydroxylation sites is 2. The van der Waals surface area contributed by atoms with Gasteiger partial charge in [-0.15, -0.1) is 11.8 Å². The van der Waals surface area contributed by atoms with E-state index in [-0.39, 0.29) is 0 Å². The van der Waals surface area contributed by atoms with Crippen molar-refractivity contribution in [2.75, 3.05) is 5.75 Å². The summed E-state index contributed by atoms with van der Waals surface area (Å²) in [6.07, 6.45) is 2.98. The minimum absolute atomic E-state index is 0.812. The molecule has 5 heteroatoms. The van der Waals surface area contributed by atoms with Gasteiger partial charge in [-0.1, -0.05) is 54.2 Å². The molecule has 2 aromatic heterocycles. The molecule has 0 radical (unpaired) electrons. The van der Waals surface area contributed by atoms with Gasteiger partial charge < -0.3 is 4.98 Å². The van der Waals surface area contributed by atoms with Crippen LogP contribution in [0.1, 0.15) is 11.3 Å². The third-order valence-electron chi connectivity index (χ3n) is 4.01. The van der Waals surface area contributed by atoms with Crippen LogP contribution in [0, 0.1) is 0 Å². The van der Waals surface area contributed by atoms with E-state index in [1.165, 1.54) is 10.5 Å². The summed E-state index contributed by atoms with van der Waals surface area (Å²) in [7, 11) is 0. The summed E-state index contributed by atoms with van der Waals surface area (Å²) in [4.78, 5) is 13.7. The normalized spacial score (nSPS) is 11.1. The first-order valence-electron chi connectivity index (χ1n) is 8.56. The zero-order chi connectivity index (χ0) is 17.6. The van der Waals surface area contributed by atoms with E-state index in [1.807, 2.05) is 36.2 Å². The summed E-state index contributed by atoms with van der Waals surface area (Å²) in [6, 6.07) is 23.0. The lowest BCUT2D eigenvalue weighted by Crippen LogP contribution is -1.90. The Kier molecular flexibility index (Phi) is 5.57. The Bertz CT molecular complexity index is 950. The molecular formula is C21H19N3S2. The molecule has 0 saturated heterocycles. The molecule has 0 amide bonds. The third-order valence-corrected chi connectivity index (χ3v) is 5.92. The zero-order valence-corrected chi connectivity index (χ0v) is 15.9. The van der Waals surface area contributed by atoms with Crippen LogP contribution in [0.3, 0.4) is 0 Å². The van der Waals surface area contributed by atoms with Crippen LogP contribution in [0.4, 0.5) is 0 Å². The average molecular weight is 378 g/mol. The lowest BCUT2D eigenvalue weighted by molar-refractivity contribution is 1.07. The highest BCUT2D eigenvalue weighted by Gasteiger charge is 2.05. The second-order valence-corrected chi connectivity index (χ2v) is 8.05. The standard InChI is InChI=1S/C21H19N3S2/c1-2-6-16(7-3-1)11-13-25-18-10-12-22-17(14-18)15-26-21-23-19-8-4-5-9-20(19)24-21/h1-10,12,14H,11,13,15H2,(H,23,24). The van der Waals surface area contributed by atoms with E-state index < -0.39 is 0 Å². The van der Waals surface area contributed by atoms with Crippen LogP contribution in [0.2, 0.25) is 0 Å². The van der Waals surface area contributed by atoms with Gasteiger partial charge in [0.1, 0.15) is 0 Å². The summed E-state index contributed by atoms with van der Waals surface area (Å²) in [5, 5.41) is 0.940. The molecule has 0 aliphatic carbocycles. The first-order chi connectivity index (χ1) is 12.9. The number of imidazole rings is 1. The average Bonchev–Trinajstić information content (AvgIpc) is 3.11. The maximum Gasteiger partial charge on any atom is 0.166 e. The van der Waals surface area contributed by atoms with Gasteiger partial charge in [-0.05, 0) is 36.2 Å². The number of aryl methyl sites for hydroxylation is 1. The topological polar surface area (TPSA) is 41.6 Å². The molecule has 0 spiro atoms. The Morgan fingerprint density at radius 3 is 2.62 bits per heavy atom. The Morgan fingerprint density at radius 1 is 0.885 bits per heavy atom.